The fraction of sp³-hybridized carbons (Fsp3) is 0.476. The van der Waals surface area contributed by atoms with E-state index in [2.05, 4.69) is 21.4 Å². The van der Waals surface area contributed by atoms with Crippen molar-refractivity contribution in [2.75, 3.05) is 42.5 Å². The number of nitrogens with zero attached hydrogens (tertiary/aromatic N) is 5. The van der Waals surface area contributed by atoms with Gasteiger partial charge >= 0.3 is 0 Å². The van der Waals surface area contributed by atoms with E-state index in [1.165, 1.54) is 0 Å². The average Bonchev–Trinajstić information content (AvgIpc) is 3.35. The number of carbonyl (C=O) groups excluding carboxylic acids is 2. The highest BCUT2D eigenvalue weighted by atomic mass is 16.2. The summed E-state index contributed by atoms with van der Waals surface area (Å²) < 4.78 is 2.12. The number of carbonyl (C=O) groups is 2. The van der Waals surface area contributed by atoms with Gasteiger partial charge in [-0.2, -0.15) is 0 Å². The van der Waals surface area contributed by atoms with Gasteiger partial charge in [-0.05, 0) is 26.0 Å². The van der Waals surface area contributed by atoms with Gasteiger partial charge in [-0.15, -0.1) is 0 Å². The van der Waals surface area contributed by atoms with E-state index in [1.54, 1.807) is 4.90 Å². The topological polar surface area (TPSA) is 61.7 Å². The molecule has 1 atom stereocenters. The Morgan fingerprint density at radius 3 is 2.54 bits per heavy atom. The van der Waals surface area contributed by atoms with E-state index in [9.17, 15) is 9.59 Å². The lowest BCUT2D eigenvalue weighted by Crippen LogP contribution is -2.51. The molecular weight excluding hydrogens is 354 g/mol. The van der Waals surface area contributed by atoms with Crippen LogP contribution in [0.3, 0.4) is 0 Å². The third kappa shape index (κ3) is 3.48. The van der Waals surface area contributed by atoms with Crippen LogP contribution < -0.4 is 9.80 Å². The summed E-state index contributed by atoms with van der Waals surface area (Å²) in [6.07, 6.45) is 4.10. The van der Waals surface area contributed by atoms with Gasteiger partial charge < -0.3 is 19.3 Å². The molecule has 0 spiro atoms. The molecule has 0 aliphatic carbocycles. The molecule has 28 heavy (non-hydrogen) atoms. The molecule has 2 saturated heterocycles. The van der Waals surface area contributed by atoms with Crippen molar-refractivity contribution in [1.29, 1.82) is 0 Å². The molecule has 148 valence electrons. The number of hydrogen-bond acceptors (Lipinski definition) is 4. The highest BCUT2D eigenvalue weighted by molar-refractivity contribution is 6.00. The Hall–Kier alpha value is -2.83. The number of amides is 2. The molecule has 2 aromatic rings. The van der Waals surface area contributed by atoms with Crippen LogP contribution in [0.5, 0.6) is 0 Å². The van der Waals surface area contributed by atoms with Crippen LogP contribution in [0.1, 0.15) is 18.9 Å². The minimum atomic E-state index is -0.252. The van der Waals surface area contributed by atoms with E-state index in [0.717, 1.165) is 36.8 Å². The smallest absolute Gasteiger partial charge is 0.228 e. The first kappa shape index (κ1) is 18.5. The van der Waals surface area contributed by atoms with E-state index in [0.29, 0.717) is 26.1 Å². The number of hydrogen-bond donors (Lipinski definition) is 0. The molecule has 2 aliphatic rings. The van der Waals surface area contributed by atoms with Crippen LogP contribution in [-0.4, -0.2) is 59.0 Å². The summed E-state index contributed by atoms with van der Waals surface area (Å²) in [6, 6.07) is 7.90. The maximum atomic E-state index is 13.0. The molecule has 0 saturated carbocycles. The molecule has 2 amide bonds. The first-order chi connectivity index (χ1) is 13.6. The van der Waals surface area contributed by atoms with Crippen LogP contribution in [0.25, 0.3) is 0 Å². The summed E-state index contributed by atoms with van der Waals surface area (Å²) in [5.74, 6) is 0.849. The average molecular weight is 381 g/mol. The van der Waals surface area contributed by atoms with Gasteiger partial charge in [-0.1, -0.05) is 17.7 Å². The number of piperazine rings is 1. The molecule has 2 fully saturated rings. The van der Waals surface area contributed by atoms with Gasteiger partial charge in [0.05, 0.1) is 5.92 Å². The number of aromatic nitrogens is 2. The number of benzene rings is 1. The Morgan fingerprint density at radius 1 is 1.14 bits per heavy atom. The van der Waals surface area contributed by atoms with Gasteiger partial charge in [0, 0.05) is 63.8 Å². The quantitative estimate of drug-likeness (QED) is 0.812. The van der Waals surface area contributed by atoms with Crippen molar-refractivity contribution in [3.8, 4) is 0 Å². The zero-order valence-electron chi connectivity index (χ0n) is 16.5. The predicted octanol–water partition coefficient (Wildman–Crippen LogP) is 1.91. The number of anilines is 2. The van der Waals surface area contributed by atoms with Crippen molar-refractivity contribution in [2.45, 2.75) is 26.8 Å². The first-order valence-electron chi connectivity index (χ1n) is 9.98. The van der Waals surface area contributed by atoms with Crippen LogP contribution in [-0.2, 0) is 16.1 Å². The summed E-state index contributed by atoms with van der Waals surface area (Å²) >= 11 is 0. The SMILES string of the molecule is CCn1ccnc1N1CCN(C(=O)C2CC(=O)N(c3ccc(C)cc3)C2)CC1. The van der Waals surface area contributed by atoms with Crippen LogP contribution in [0.15, 0.2) is 36.7 Å². The molecular formula is C21H27N5O2. The first-order valence-corrected chi connectivity index (χ1v) is 9.98. The lowest BCUT2D eigenvalue weighted by atomic mass is 10.1. The Kier molecular flexibility index (Phi) is 5.07. The van der Waals surface area contributed by atoms with Gasteiger partial charge in [0.15, 0.2) is 0 Å². The van der Waals surface area contributed by atoms with Crippen molar-refractivity contribution < 1.29 is 9.59 Å². The molecule has 1 aromatic heterocycles. The second-order valence-electron chi connectivity index (χ2n) is 7.57. The number of imidazole rings is 1. The molecule has 2 aliphatic heterocycles. The highest BCUT2D eigenvalue weighted by Gasteiger charge is 2.38. The van der Waals surface area contributed by atoms with Crippen molar-refractivity contribution in [2.24, 2.45) is 5.92 Å². The van der Waals surface area contributed by atoms with Gasteiger partial charge in [0.2, 0.25) is 17.8 Å². The summed E-state index contributed by atoms with van der Waals surface area (Å²) in [6.45, 7) is 8.36. The van der Waals surface area contributed by atoms with Crippen LogP contribution in [0.2, 0.25) is 0 Å². The molecule has 7 nitrogen and oxygen atoms in total. The van der Waals surface area contributed by atoms with E-state index in [-0.39, 0.29) is 17.7 Å². The van der Waals surface area contributed by atoms with Crippen LogP contribution in [0, 0.1) is 12.8 Å². The largest absolute Gasteiger partial charge is 0.339 e. The lowest BCUT2D eigenvalue weighted by molar-refractivity contribution is -0.136. The minimum absolute atomic E-state index is 0.0332. The summed E-state index contributed by atoms with van der Waals surface area (Å²) in [5, 5.41) is 0. The second kappa shape index (κ2) is 7.66. The third-order valence-electron chi connectivity index (χ3n) is 5.73. The standard InChI is InChI=1S/C21H27N5O2/c1-3-23-9-8-22-21(23)25-12-10-24(11-13-25)20(28)17-14-19(27)26(15-17)18-6-4-16(2)5-7-18/h4-9,17H,3,10-15H2,1-2H3. The van der Waals surface area contributed by atoms with Crippen molar-refractivity contribution >= 4 is 23.5 Å². The zero-order chi connectivity index (χ0) is 19.7. The fourth-order valence-corrected chi connectivity index (χ4v) is 4.06. The van der Waals surface area contributed by atoms with Gasteiger partial charge in [-0.3, -0.25) is 9.59 Å². The Bertz CT molecular complexity index is 852. The van der Waals surface area contributed by atoms with Gasteiger partial charge in [0.25, 0.3) is 0 Å². The monoisotopic (exact) mass is 381 g/mol. The fourth-order valence-electron chi connectivity index (χ4n) is 4.06. The van der Waals surface area contributed by atoms with E-state index >= 15 is 0 Å². The lowest BCUT2D eigenvalue weighted by Gasteiger charge is -2.36. The van der Waals surface area contributed by atoms with Gasteiger partial charge in [0.1, 0.15) is 0 Å². The summed E-state index contributed by atoms with van der Waals surface area (Å²) in [5.41, 5.74) is 2.03. The third-order valence-corrected chi connectivity index (χ3v) is 5.73. The van der Waals surface area contributed by atoms with E-state index in [1.807, 2.05) is 48.5 Å². The second-order valence-corrected chi connectivity index (χ2v) is 7.57. The Balaban J connectivity index is 1.37. The maximum Gasteiger partial charge on any atom is 0.228 e. The van der Waals surface area contributed by atoms with Crippen molar-refractivity contribution in [3.05, 3.63) is 42.2 Å². The molecule has 0 N–H and O–H groups in total. The Labute approximate surface area is 165 Å². The number of rotatable bonds is 4. The van der Waals surface area contributed by atoms with Crippen molar-refractivity contribution in [1.82, 2.24) is 14.5 Å². The van der Waals surface area contributed by atoms with Crippen LogP contribution in [0.4, 0.5) is 11.6 Å². The molecule has 4 rings (SSSR count). The van der Waals surface area contributed by atoms with E-state index in [4.69, 9.17) is 0 Å². The molecule has 1 aromatic carbocycles. The zero-order valence-corrected chi connectivity index (χ0v) is 16.5. The minimum Gasteiger partial charge on any atom is -0.339 e. The van der Waals surface area contributed by atoms with Crippen molar-refractivity contribution in [3.63, 3.8) is 0 Å². The predicted molar refractivity (Wildman–Crippen MR) is 108 cm³/mol. The maximum absolute atomic E-state index is 13.0. The summed E-state index contributed by atoms with van der Waals surface area (Å²) in [4.78, 5) is 35.8. The number of aryl methyl sites for hydroxylation is 2. The normalized spacial score (nSPS) is 20.1. The molecule has 1 unspecified atom stereocenters. The molecule has 0 radical (unpaired) electrons. The Morgan fingerprint density at radius 2 is 1.86 bits per heavy atom. The van der Waals surface area contributed by atoms with Crippen LogP contribution >= 0.6 is 0 Å². The van der Waals surface area contributed by atoms with Gasteiger partial charge in [-0.25, -0.2) is 4.98 Å². The highest BCUT2D eigenvalue weighted by Crippen LogP contribution is 2.27. The molecule has 3 heterocycles. The molecule has 7 heteroatoms. The molecule has 0 bridgehead atoms. The van der Waals surface area contributed by atoms with E-state index < -0.39 is 0 Å². The summed E-state index contributed by atoms with van der Waals surface area (Å²) in [7, 11) is 0.